The number of nitrogens with one attached hydrogen (secondary N) is 1. The molecule has 1 aliphatic heterocycles. The summed E-state index contributed by atoms with van der Waals surface area (Å²) in [5, 5.41) is 7.39. The maximum absolute atomic E-state index is 13.6. The minimum atomic E-state index is -2.64. The van der Waals surface area contributed by atoms with E-state index in [1.54, 1.807) is 30.3 Å². The third-order valence-electron chi connectivity index (χ3n) is 7.24. The number of hydrogen-bond donors (Lipinski definition) is 1. The largest absolute Gasteiger partial charge is 0.755 e. The van der Waals surface area contributed by atoms with Crippen LogP contribution in [-0.2, 0) is 22.5 Å². The maximum Gasteiger partial charge on any atom is 0.243 e. The van der Waals surface area contributed by atoms with Crippen LogP contribution in [0.5, 0.6) is 0 Å². The van der Waals surface area contributed by atoms with Crippen LogP contribution < -0.4 is 14.5 Å². The number of carbonyl (C=O) groups is 1. The smallest absolute Gasteiger partial charge is 0.243 e. The number of benzene rings is 1. The van der Waals surface area contributed by atoms with Gasteiger partial charge in [-0.2, -0.15) is 0 Å². The second-order valence-corrected chi connectivity index (χ2v) is 11.5. The molecule has 1 aromatic carbocycles. The number of fused-ring (bicyclic) bond motifs is 1. The normalized spacial score (nSPS) is 17.4. The zero-order valence-electron chi connectivity index (χ0n) is 20.4. The van der Waals surface area contributed by atoms with Gasteiger partial charge in [0, 0.05) is 42.7 Å². The van der Waals surface area contributed by atoms with Gasteiger partial charge < -0.3 is 19.3 Å². The first-order valence-corrected chi connectivity index (χ1v) is 14.5. The first kappa shape index (κ1) is 25.9. The lowest BCUT2D eigenvalue weighted by Gasteiger charge is -2.35. The van der Waals surface area contributed by atoms with Crippen LogP contribution >= 0.6 is 11.3 Å². The molecule has 1 amide bonds. The van der Waals surface area contributed by atoms with Gasteiger partial charge in [-0.25, -0.2) is 4.39 Å². The molecule has 8 nitrogen and oxygen atoms in total. The highest BCUT2D eigenvalue weighted by Crippen LogP contribution is 2.37. The monoisotopic (exact) mass is 545 g/mol. The predicted molar refractivity (Wildman–Crippen MR) is 142 cm³/mol. The third-order valence-corrected chi connectivity index (χ3v) is 9.24. The highest BCUT2D eigenvalue weighted by Gasteiger charge is 2.32. The Bertz CT molecular complexity index is 1230. The van der Waals surface area contributed by atoms with Gasteiger partial charge >= 0.3 is 0 Å². The van der Waals surface area contributed by atoms with E-state index in [0.29, 0.717) is 36.1 Å². The van der Waals surface area contributed by atoms with E-state index in [2.05, 4.69) is 15.4 Å². The van der Waals surface area contributed by atoms with Crippen molar-refractivity contribution in [2.75, 3.05) is 28.8 Å². The van der Waals surface area contributed by atoms with E-state index >= 15 is 0 Å². The summed E-state index contributed by atoms with van der Waals surface area (Å²) in [4.78, 5) is 16.4. The van der Waals surface area contributed by atoms with Gasteiger partial charge in [0.05, 0.1) is 4.88 Å². The first-order valence-electron chi connectivity index (χ1n) is 12.7. The van der Waals surface area contributed by atoms with Crippen LogP contribution in [0.1, 0.15) is 44.1 Å². The van der Waals surface area contributed by atoms with E-state index in [4.69, 9.17) is 4.52 Å². The van der Waals surface area contributed by atoms with Crippen LogP contribution in [0.3, 0.4) is 0 Å². The molecule has 0 saturated heterocycles. The zero-order valence-corrected chi connectivity index (χ0v) is 22.1. The van der Waals surface area contributed by atoms with Crippen molar-refractivity contribution >= 4 is 39.2 Å². The van der Waals surface area contributed by atoms with Crippen LogP contribution in [-0.4, -0.2) is 45.5 Å². The van der Waals surface area contributed by atoms with Crippen molar-refractivity contribution in [3.63, 3.8) is 0 Å². The van der Waals surface area contributed by atoms with Crippen molar-refractivity contribution in [1.82, 2.24) is 10.5 Å². The summed E-state index contributed by atoms with van der Waals surface area (Å²) in [6.07, 6.45) is 8.08. The molecule has 5 rings (SSSR count). The lowest BCUT2D eigenvalue weighted by molar-refractivity contribution is -0.122. The van der Waals surface area contributed by atoms with E-state index in [-0.39, 0.29) is 11.7 Å². The minimum Gasteiger partial charge on any atom is -0.755 e. The first-order chi connectivity index (χ1) is 18.0. The van der Waals surface area contributed by atoms with Gasteiger partial charge in [0.2, 0.25) is 5.91 Å². The van der Waals surface area contributed by atoms with Crippen LogP contribution in [0.25, 0.3) is 10.6 Å². The molecule has 0 bridgehead atoms. The number of aromatic nitrogens is 1. The van der Waals surface area contributed by atoms with Crippen LogP contribution in [0.2, 0.25) is 0 Å². The van der Waals surface area contributed by atoms with Crippen LogP contribution in [0.15, 0.2) is 47.2 Å². The van der Waals surface area contributed by atoms with E-state index in [1.807, 2.05) is 0 Å². The Kier molecular flexibility index (Phi) is 8.21. The molecule has 1 aliphatic carbocycles. The molecule has 2 aliphatic rings. The number of carbonyl (C=O) groups excluding carboxylic acids is 1. The molecule has 198 valence electrons. The summed E-state index contributed by atoms with van der Waals surface area (Å²) in [7, 11) is 0. The molecule has 2 unspecified atom stereocenters. The average Bonchev–Trinajstić information content (AvgIpc) is 3.65. The Hall–Kier alpha value is -2.76. The van der Waals surface area contributed by atoms with Crippen molar-refractivity contribution in [3.05, 3.63) is 54.0 Å². The molecule has 2 atom stereocenters. The molecule has 0 radical (unpaired) electrons. The van der Waals surface area contributed by atoms with E-state index in [0.717, 1.165) is 54.8 Å². The number of rotatable bonds is 10. The summed E-state index contributed by atoms with van der Waals surface area (Å²) in [6, 6.07) is 9.16. The molecule has 3 heterocycles. The Labute approximate surface area is 222 Å². The fraction of sp³-hybridized carbons (Fsp3) is 0.462. The summed E-state index contributed by atoms with van der Waals surface area (Å²) in [6.45, 7) is 1.69. The van der Waals surface area contributed by atoms with Gasteiger partial charge in [0.15, 0.2) is 0 Å². The number of nitrogens with zero attached hydrogens (tertiary/aromatic N) is 3. The number of halogens is 1. The maximum atomic E-state index is 13.6. The Morgan fingerprint density at radius 3 is 2.86 bits per heavy atom. The van der Waals surface area contributed by atoms with Crippen molar-refractivity contribution in [1.29, 1.82) is 0 Å². The SMILES string of the molecule is O=C(NCCN1CCc2cc(F)ccc21)C(CC1CCCCC1)N(c1ccc(-c2ccon2)s1)S(=O)[O-]. The summed E-state index contributed by atoms with van der Waals surface area (Å²) >= 11 is -1.38. The highest BCUT2D eigenvalue weighted by molar-refractivity contribution is 7.81. The molecule has 11 heteroatoms. The van der Waals surface area contributed by atoms with Crippen molar-refractivity contribution in [2.24, 2.45) is 5.92 Å². The van der Waals surface area contributed by atoms with E-state index in [9.17, 15) is 17.9 Å². The molecule has 37 heavy (non-hydrogen) atoms. The van der Waals surface area contributed by atoms with Gasteiger partial charge in [-0.3, -0.25) is 13.3 Å². The zero-order chi connectivity index (χ0) is 25.8. The quantitative estimate of drug-likeness (QED) is 0.372. The molecule has 0 spiro atoms. The van der Waals surface area contributed by atoms with Crippen molar-refractivity contribution in [2.45, 2.75) is 51.0 Å². The second kappa shape index (κ2) is 11.7. The van der Waals surface area contributed by atoms with Crippen molar-refractivity contribution < 1.29 is 22.5 Å². The van der Waals surface area contributed by atoms with Gasteiger partial charge in [-0.15, -0.1) is 11.3 Å². The summed E-state index contributed by atoms with van der Waals surface area (Å²) in [5.74, 6) is -0.249. The Balaban J connectivity index is 1.31. The number of hydrogen-bond acceptors (Lipinski definition) is 7. The summed E-state index contributed by atoms with van der Waals surface area (Å²) in [5.41, 5.74) is 2.57. The van der Waals surface area contributed by atoms with Crippen molar-refractivity contribution in [3.8, 4) is 10.6 Å². The van der Waals surface area contributed by atoms with Gasteiger partial charge in [0.1, 0.15) is 28.8 Å². The fourth-order valence-electron chi connectivity index (χ4n) is 5.41. The van der Waals surface area contributed by atoms with Gasteiger partial charge in [-0.1, -0.05) is 37.3 Å². The van der Waals surface area contributed by atoms with Crippen LogP contribution in [0, 0.1) is 11.7 Å². The number of amides is 1. The predicted octanol–water partition coefficient (Wildman–Crippen LogP) is 4.66. The second-order valence-electron chi connectivity index (χ2n) is 9.62. The molecule has 2 aromatic heterocycles. The molecule has 3 aromatic rings. The molecule has 1 fully saturated rings. The standard InChI is InChI=1S/C26H31FN4O4S2/c27-20-6-7-22-19(17-20)10-13-30(22)14-12-28-26(32)23(16-18-4-2-1-3-5-18)31(37(33)34)25-9-8-24(36-25)21-11-15-35-29-21/h6-9,11,15,17-18,23H,1-5,10,12-14,16H2,(H,28,32)(H,33,34)/p-1. The summed E-state index contributed by atoms with van der Waals surface area (Å²) < 4.78 is 44.7. The molecular weight excluding hydrogens is 515 g/mol. The molecule has 1 saturated carbocycles. The third kappa shape index (κ3) is 6.05. The lowest BCUT2D eigenvalue weighted by Crippen LogP contribution is -2.50. The lowest BCUT2D eigenvalue weighted by atomic mass is 9.84. The topological polar surface area (TPSA) is 102 Å². The number of anilines is 2. The molecular formula is C26H30FN4O4S2-. The minimum absolute atomic E-state index is 0.245. The highest BCUT2D eigenvalue weighted by atomic mass is 32.2. The van der Waals surface area contributed by atoms with Gasteiger partial charge in [-0.05, 0) is 54.7 Å². The van der Waals surface area contributed by atoms with Gasteiger partial charge in [0.25, 0.3) is 0 Å². The molecule has 1 N–H and O–H groups in total. The van der Waals surface area contributed by atoms with E-state index < -0.39 is 17.3 Å². The number of thiophene rings is 1. The average molecular weight is 546 g/mol. The Morgan fingerprint density at radius 1 is 1.27 bits per heavy atom. The Morgan fingerprint density at radius 2 is 2.11 bits per heavy atom. The van der Waals surface area contributed by atoms with Crippen LogP contribution in [0.4, 0.5) is 15.1 Å². The fourth-order valence-corrected chi connectivity index (χ4v) is 7.22. The van der Waals surface area contributed by atoms with E-state index in [1.165, 1.54) is 34.4 Å².